The fourth-order valence-corrected chi connectivity index (χ4v) is 0.828. The summed E-state index contributed by atoms with van der Waals surface area (Å²) in [7, 11) is 0. The van der Waals surface area contributed by atoms with E-state index in [-0.39, 0.29) is 5.96 Å². The molecule has 0 atom stereocenters. The molecule has 0 spiro atoms. The summed E-state index contributed by atoms with van der Waals surface area (Å²) in [6.45, 7) is 1.96. The smallest absolute Gasteiger partial charge is 0.191 e. The third kappa shape index (κ3) is 1.97. The normalized spacial score (nSPS) is 9.18. The summed E-state index contributed by atoms with van der Waals surface area (Å²) in [5.74, 6) is 0.0966. The minimum atomic E-state index is 0.0966. The minimum Gasteiger partial charge on any atom is -0.370 e. The molecule has 1 rings (SSSR count). The molecule has 58 valence electrons. The van der Waals surface area contributed by atoms with Gasteiger partial charge in [-0.3, -0.25) is 0 Å². The van der Waals surface area contributed by atoms with Crippen molar-refractivity contribution in [1.29, 1.82) is 0 Å². The zero-order valence-electron chi connectivity index (χ0n) is 6.41. The highest BCUT2D eigenvalue weighted by atomic mass is 15.0. The maximum Gasteiger partial charge on any atom is 0.191 e. The molecule has 0 fully saturated rings. The number of aliphatic imine (C=N–C) groups is 1. The summed E-state index contributed by atoms with van der Waals surface area (Å²) in [6.07, 6.45) is 0. The van der Waals surface area contributed by atoms with Crippen molar-refractivity contribution in [2.75, 3.05) is 0 Å². The van der Waals surface area contributed by atoms with E-state index in [1.807, 2.05) is 31.2 Å². The second-order valence-corrected chi connectivity index (χ2v) is 2.32. The molecule has 11 heavy (non-hydrogen) atoms. The number of benzene rings is 1. The molecule has 0 aliphatic carbocycles. The molecule has 1 aromatic rings. The molecule has 0 amide bonds. The van der Waals surface area contributed by atoms with Gasteiger partial charge in [-0.1, -0.05) is 18.2 Å². The lowest BCUT2D eigenvalue weighted by Gasteiger charge is -1.97. The highest BCUT2D eigenvalue weighted by Gasteiger charge is 1.92. The van der Waals surface area contributed by atoms with E-state index in [9.17, 15) is 0 Å². The molecule has 3 nitrogen and oxygen atoms in total. The number of aryl methyl sites for hydroxylation is 1. The topological polar surface area (TPSA) is 64.4 Å². The maximum absolute atomic E-state index is 5.22. The van der Waals surface area contributed by atoms with E-state index < -0.39 is 0 Å². The van der Waals surface area contributed by atoms with Crippen molar-refractivity contribution >= 4 is 11.6 Å². The van der Waals surface area contributed by atoms with Crippen molar-refractivity contribution in [3.05, 3.63) is 29.8 Å². The largest absolute Gasteiger partial charge is 0.370 e. The molecule has 3 heteroatoms. The first-order valence-electron chi connectivity index (χ1n) is 3.35. The lowest BCUT2D eigenvalue weighted by Crippen LogP contribution is -2.21. The Morgan fingerprint density at radius 1 is 1.27 bits per heavy atom. The van der Waals surface area contributed by atoms with Gasteiger partial charge >= 0.3 is 0 Å². The predicted molar refractivity (Wildman–Crippen MR) is 46.6 cm³/mol. The Morgan fingerprint density at radius 2 is 1.91 bits per heavy atom. The van der Waals surface area contributed by atoms with Gasteiger partial charge in [0.05, 0.1) is 5.69 Å². The van der Waals surface area contributed by atoms with Crippen molar-refractivity contribution in [3.8, 4) is 0 Å². The fraction of sp³-hybridized carbons (Fsp3) is 0.125. The summed E-state index contributed by atoms with van der Waals surface area (Å²) in [6, 6.07) is 7.67. The highest BCUT2D eigenvalue weighted by Crippen LogP contribution is 2.15. The molecule has 0 aliphatic heterocycles. The van der Waals surface area contributed by atoms with E-state index in [0.29, 0.717) is 0 Å². The lowest BCUT2D eigenvalue weighted by molar-refractivity contribution is 1.36. The fourth-order valence-electron chi connectivity index (χ4n) is 0.828. The average Bonchev–Trinajstić information content (AvgIpc) is 1.93. The van der Waals surface area contributed by atoms with Gasteiger partial charge in [-0.05, 0) is 18.6 Å². The molecule has 0 aromatic heterocycles. The average molecular weight is 149 g/mol. The Hall–Kier alpha value is -1.51. The van der Waals surface area contributed by atoms with Crippen LogP contribution in [0.3, 0.4) is 0 Å². The Kier molecular flexibility index (Phi) is 2.11. The lowest BCUT2D eigenvalue weighted by atomic mass is 10.2. The number of hydrogen-bond acceptors (Lipinski definition) is 1. The van der Waals surface area contributed by atoms with Crippen LogP contribution in [0.25, 0.3) is 0 Å². The second-order valence-electron chi connectivity index (χ2n) is 2.32. The van der Waals surface area contributed by atoms with Gasteiger partial charge in [0.25, 0.3) is 0 Å². The Labute approximate surface area is 65.7 Å². The quantitative estimate of drug-likeness (QED) is 0.460. The number of hydrogen-bond donors (Lipinski definition) is 2. The zero-order chi connectivity index (χ0) is 8.27. The number of rotatable bonds is 1. The summed E-state index contributed by atoms with van der Waals surface area (Å²) >= 11 is 0. The van der Waals surface area contributed by atoms with Crippen LogP contribution in [-0.4, -0.2) is 5.96 Å². The molecule has 0 heterocycles. The third-order valence-corrected chi connectivity index (χ3v) is 1.37. The first kappa shape index (κ1) is 7.60. The van der Waals surface area contributed by atoms with E-state index in [1.54, 1.807) is 0 Å². The molecule has 0 saturated carbocycles. The van der Waals surface area contributed by atoms with Gasteiger partial charge in [0.1, 0.15) is 0 Å². The monoisotopic (exact) mass is 149 g/mol. The van der Waals surface area contributed by atoms with Crippen LogP contribution in [0.2, 0.25) is 0 Å². The van der Waals surface area contributed by atoms with Crippen LogP contribution < -0.4 is 11.5 Å². The molecule has 4 N–H and O–H groups in total. The standard InChI is InChI=1S/C8H11N3/c1-6-4-2-3-5-7(6)11-8(9)10/h2-5H,1H3,(H4,9,10,11). The van der Waals surface area contributed by atoms with E-state index in [2.05, 4.69) is 4.99 Å². The Morgan fingerprint density at radius 3 is 2.45 bits per heavy atom. The van der Waals surface area contributed by atoms with Gasteiger partial charge in [-0.15, -0.1) is 0 Å². The van der Waals surface area contributed by atoms with Crippen molar-refractivity contribution in [3.63, 3.8) is 0 Å². The Bertz CT molecular complexity index is 274. The summed E-state index contributed by atoms with van der Waals surface area (Å²) in [5, 5.41) is 0. The van der Waals surface area contributed by atoms with Gasteiger partial charge in [0, 0.05) is 0 Å². The SMILES string of the molecule is Cc1ccccc1N=C(N)N. The molecule has 0 saturated heterocycles. The molecular formula is C8H11N3. The second kappa shape index (κ2) is 3.05. The van der Waals surface area contributed by atoms with Crippen LogP contribution >= 0.6 is 0 Å². The molecule has 0 unspecified atom stereocenters. The van der Waals surface area contributed by atoms with E-state index in [0.717, 1.165) is 11.3 Å². The van der Waals surface area contributed by atoms with Gasteiger partial charge in [0.15, 0.2) is 5.96 Å². The van der Waals surface area contributed by atoms with Gasteiger partial charge in [-0.2, -0.15) is 0 Å². The number of nitrogens with two attached hydrogens (primary N) is 2. The van der Waals surface area contributed by atoms with E-state index in [4.69, 9.17) is 11.5 Å². The number of nitrogens with zero attached hydrogens (tertiary/aromatic N) is 1. The predicted octanol–water partition coefficient (Wildman–Crippen LogP) is 0.900. The summed E-state index contributed by atoms with van der Waals surface area (Å²) in [5.41, 5.74) is 12.3. The highest BCUT2D eigenvalue weighted by molar-refractivity contribution is 5.79. The zero-order valence-corrected chi connectivity index (χ0v) is 6.41. The number of guanidine groups is 1. The van der Waals surface area contributed by atoms with Crippen molar-refractivity contribution in [1.82, 2.24) is 0 Å². The van der Waals surface area contributed by atoms with Crippen molar-refractivity contribution in [2.45, 2.75) is 6.92 Å². The molecular weight excluding hydrogens is 138 g/mol. The van der Waals surface area contributed by atoms with Crippen LogP contribution in [-0.2, 0) is 0 Å². The van der Waals surface area contributed by atoms with Crippen molar-refractivity contribution < 1.29 is 0 Å². The summed E-state index contributed by atoms with van der Waals surface area (Å²) in [4.78, 5) is 3.93. The van der Waals surface area contributed by atoms with Crippen LogP contribution in [0, 0.1) is 6.92 Å². The molecule has 1 aromatic carbocycles. The first-order valence-corrected chi connectivity index (χ1v) is 3.35. The Balaban J connectivity index is 3.04. The minimum absolute atomic E-state index is 0.0966. The van der Waals surface area contributed by atoms with E-state index in [1.165, 1.54) is 0 Å². The van der Waals surface area contributed by atoms with Crippen LogP contribution in [0.1, 0.15) is 5.56 Å². The molecule has 0 radical (unpaired) electrons. The van der Waals surface area contributed by atoms with Crippen LogP contribution in [0.5, 0.6) is 0 Å². The molecule has 0 bridgehead atoms. The van der Waals surface area contributed by atoms with Crippen molar-refractivity contribution in [2.24, 2.45) is 16.5 Å². The summed E-state index contributed by atoms with van der Waals surface area (Å²) < 4.78 is 0. The molecule has 0 aliphatic rings. The first-order chi connectivity index (χ1) is 5.20. The van der Waals surface area contributed by atoms with E-state index >= 15 is 0 Å². The third-order valence-electron chi connectivity index (χ3n) is 1.37. The van der Waals surface area contributed by atoms with Gasteiger partial charge in [-0.25, -0.2) is 4.99 Å². The van der Waals surface area contributed by atoms with Gasteiger partial charge in [0.2, 0.25) is 0 Å². The van der Waals surface area contributed by atoms with Crippen LogP contribution in [0.4, 0.5) is 5.69 Å². The van der Waals surface area contributed by atoms with Gasteiger partial charge < -0.3 is 11.5 Å². The number of para-hydroxylation sites is 1. The van der Waals surface area contributed by atoms with Crippen LogP contribution in [0.15, 0.2) is 29.3 Å². The maximum atomic E-state index is 5.22.